The molecule has 5 heteroatoms. The first-order chi connectivity index (χ1) is 14.1. The van der Waals surface area contributed by atoms with Gasteiger partial charge in [-0.05, 0) is 53.9 Å². The van der Waals surface area contributed by atoms with Crippen LogP contribution in [-0.4, -0.2) is 25.7 Å². The quantitative estimate of drug-likeness (QED) is 0.537. The van der Waals surface area contributed by atoms with E-state index in [0.29, 0.717) is 17.7 Å². The zero-order valence-corrected chi connectivity index (χ0v) is 16.4. The summed E-state index contributed by atoms with van der Waals surface area (Å²) in [4.78, 5) is 24.5. The smallest absolute Gasteiger partial charge is 0.339 e. The molecule has 0 heterocycles. The molecule has 0 aromatic heterocycles. The third-order valence-electron chi connectivity index (χ3n) is 4.38. The van der Waals surface area contributed by atoms with E-state index in [1.165, 1.54) is 0 Å². The molecule has 0 fully saturated rings. The summed E-state index contributed by atoms with van der Waals surface area (Å²) in [5.41, 5.74) is 3.35. The van der Waals surface area contributed by atoms with Crippen LogP contribution in [0.15, 0.2) is 72.8 Å². The van der Waals surface area contributed by atoms with E-state index < -0.39 is 5.97 Å². The van der Waals surface area contributed by atoms with Crippen molar-refractivity contribution in [2.75, 3.05) is 13.7 Å². The minimum absolute atomic E-state index is 0.166. The normalized spacial score (nSPS) is 10.3. The molecule has 0 saturated carbocycles. The van der Waals surface area contributed by atoms with Crippen molar-refractivity contribution in [1.29, 1.82) is 0 Å². The molecular weight excluding hydrogens is 368 g/mol. The summed E-state index contributed by atoms with van der Waals surface area (Å²) in [6, 6.07) is 21.5. The zero-order chi connectivity index (χ0) is 20.6. The Labute approximate surface area is 169 Å². The maximum atomic E-state index is 12.7. The molecule has 0 radical (unpaired) electrons. The molecule has 148 valence electrons. The van der Waals surface area contributed by atoms with E-state index in [2.05, 4.69) is 0 Å². The Kier molecular flexibility index (Phi) is 6.63. The second kappa shape index (κ2) is 9.55. The Hall–Kier alpha value is -3.60. The maximum absolute atomic E-state index is 12.7. The number of carbonyl (C=O) groups is 2. The first kappa shape index (κ1) is 20.1. The van der Waals surface area contributed by atoms with E-state index in [0.717, 1.165) is 22.4 Å². The fourth-order valence-electron chi connectivity index (χ4n) is 2.86. The van der Waals surface area contributed by atoms with E-state index in [1.54, 1.807) is 50.4 Å². The van der Waals surface area contributed by atoms with Crippen LogP contribution in [0.2, 0.25) is 0 Å². The van der Waals surface area contributed by atoms with Crippen LogP contribution in [0.5, 0.6) is 5.75 Å². The van der Waals surface area contributed by atoms with Crippen LogP contribution in [0.25, 0.3) is 11.1 Å². The van der Waals surface area contributed by atoms with Crippen molar-refractivity contribution in [1.82, 2.24) is 0 Å². The summed E-state index contributed by atoms with van der Waals surface area (Å²) >= 11 is 0. The average Bonchev–Trinajstić information content (AvgIpc) is 2.78. The van der Waals surface area contributed by atoms with Crippen molar-refractivity contribution < 1.29 is 23.8 Å². The number of hydrogen-bond donors (Lipinski definition) is 0. The van der Waals surface area contributed by atoms with E-state index in [-0.39, 0.29) is 12.6 Å². The first-order valence-electron chi connectivity index (χ1n) is 9.29. The van der Waals surface area contributed by atoms with Gasteiger partial charge in [0.25, 0.3) is 0 Å². The molecule has 0 unspecified atom stereocenters. The van der Waals surface area contributed by atoms with E-state index in [4.69, 9.17) is 14.2 Å². The summed E-state index contributed by atoms with van der Waals surface area (Å²) in [5, 5.41) is 0. The molecule has 3 aromatic carbocycles. The van der Waals surface area contributed by atoms with Gasteiger partial charge in [0.2, 0.25) is 0 Å². The van der Waals surface area contributed by atoms with Crippen LogP contribution < -0.4 is 4.74 Å². The maximum Gasteiger partial charge on any atom is 0.339 e. The van der Waals surface area contributed by atoms with Crippen LogP contribution in [0, 0.1) is 0 Å². The molecule has 0 amide bonds. The summed E-state index contributed by atoms with van der Waals surface area (Å²) in [6.07, 6.45) is 0. The minimum Gasteiger partial charge on any atom is -0.497 e. The number of benzene rings is 3. The minimum atomic E-state index is -0.411. The fraction of sp³-hybridized carbons (Fsp3) is 0.167. The molecule has 0 aliphatic carbocycles. The lowest BCUT2D eigenvalue weighted by molar-refractivity contribution is 0.0472. The molecule has 3 aromatic rings. The Morgan fingerprint density at radius 1 is 0.793 bits per heavy atom. The monoisotopic (exact) mass is 390 g/mol. The number of hydrogen-bond acceptors (Lipinski definition) is 5. The highest BCUT2D eigenvalue weighted by Crippen LogP contribution is 2.25. The van der Waals surface area contributed by atoms with E-state index in [9.17, 15) is 9.59 Å². The lowest BCUT2D eigenvalue weighted by Crippen LogP contribution is -2.07. The average molecular weight is 390 g/mol. The molecule has 0 N–H and O–H groups in total. The van der Waals surface area contributed by atoms with Crippen LogP contribution in [0.1, 0.15) is 33.2 Å². The summed E-state index contributed by atoms with van der Waals surface area (Å²) < 4.78 is 15.6. The summed E-state index contributed by atoms with van der Waals surface area (Å²) in [5.74, 6) is -0.0335. The van der Waals surface area contributed by atoms with Crippen molar-refractivity contribution in [2.45, 2.75) is 13.5 Å². The van der Waals surface area contributed by atoms with Gasteiger partial charge in [0.15, 0.2) is 0 Å². The fourth-order valence-corrected chi connectivity index (χ4v) is 2.86. The first-order valence-corrected chi connectivity index (χ1v) is 9.29. The molecule has 0 aliphatic heterocycles. The van der Waals surface area contributed by atoms with Crippen molar-refractivity contribution in [2.24, 2.45) is 0 Å². The van der Waals surface area contributed by atoms with Crippen LogP contribution in [0.4, 0.5) is 0 Å². The molecule has 0 saturated heterocycles. The predicted octanol–water partition coefficient (Wildman–Crippen LogP) is 4.90. The third kappa shape index (κ3) is 5.02. The molecule has 0 atom stereocenters. The Bertz CT molecular complexity index is 975. The molecule has 0 aliphatic rings. The van der Waals surface area contributed by atoms with Gasteiger partial charge in [-0.1, -0.05) is 42.5 Å². The second-order valence-electron chi connectivity index (χ2n) is 6.27. The van der Waals surface area contributed by atoms with Gasteiger partial charge < -0.3 is 14.2 Å². The van der Waals surface area contributed by atoms with E-state index in [1.807, 2.05) is 36.4 Å². The summed E-state index contributed by atoms with van der Waals surface area (Å²) in [6.45, 7) is 2.25. The predicted molar refractivity (Wildman–Crippen MR) is 110 cm³/mol. The highest BCUT2D eigenvalue weighted by atomic mass is 16.5. The van der Waals surface area contributed by atoms with Crippen LogP contribution in [0.3, 0.4) is 0 Å². The standard InChI is InChI=1S/C24H22O5/c1-3-28-23(25)19-12-10-18(11-13-19)21-6-4-5-7-22(21)24(26)29-16-17-8-14-20(27-2)15-9-17/h4-15H,3,16H2,1-2H3. The highest BCUT2D eigenvalue weighted by Gasteiger charge is 2.15. The van der Waals surface area contributed by atoms with Crippen LogP contribution >= 0.6 is 0 Å². The third-order valence-corrected chi connectivity index (χ3v) is 4.38. The number of carbonyl (C=O) groups excluding carboxylic acids is 2. The van der Waals surface area contributed by atoms with Gasteiger partial charge in [-0.15, -0.1) is 0 Å². The van der Waals surface area contributed by atoms with E-state index >= 15 is 0 Å². The van der Waals surface area contributed by atoms with Gasteiger partial charge in [0, 0.05) is 0 Å². The van der Waals surface area contributed by atoms with Gasteiger partial charge in [-0.2, -0.15) is 0 Å². The van der Waals surface area contributed by atoms with Gasteiger partial charge in [0.1, 0.15) is 12.4 Å². The van der Waals surface area contributed by atoms with Gasteiger partial charge in [-0.25, -0.2) is 9.59 Å². The Morgan fingerprint density at radius 3 is 2.14 bits per heavy atom. The summed E-state index contributed by atoms with van der Waals surface area (Å²) in [7, 11) is 1.60. The van der Waals surface area contributed by atoms with Crippen molar-refractivity contribution in [3.8, 4) is 16.9 Å². The SMILES string of the molecule is CCOC(=O)c1ccc(-c2ccccc2C(=O)OCc2ccc(OC)cc2)cc1. The van der Waals surface area contributed by atoms with Gasteiger partial charge >= 0.3 is 11.9 Å². The van der Waals surface area contributed by atoms with Crippen molar-refractivity contribution >= 4 is 11.9 Å². The van der Waals surface area contributed by atoms with Crippen molar-refractivity contribution in [3.63, 3.8) is 0 Å². The van der Waals surface area contributed by atoms with Crippen LogP contribution in [-0.2, 0) is 16.1 Å². The molecule has 0 bridgehead atoms. The number of methoxy groups -OCH3 is 1. The number of ether oxygens (including phenoxy) is 3. The van der Waals surface area contributed by atoms with Crippen molar-refractivity contribution in [3.05, 3.63) is 89.5 Å². The number of esters is 2. The molecule has 29 heavy (non-hydrogen) atoms. The topological polar surface area (TPSA) is 61.8 Å². The second-order valence-corrected chi connectivity index (χ2v) is 6.27. The largest absolute Gasteiger partial charge is 0.497 e. The Morgan fingerprint density at radius 2 is 1.48 bits per heavy atom. The Balaban J connectivity index is 1.75. The lowest BCUT2D eigenvalue weighted by atomic mass is 9.98. The highest BCUT2D eigenvalue weighted by molar-refractivity contribution is 5.97. The zero-order valence-electron chi connectivity index (χ0n) is 16.4. The molecule has 5 nitrogen and oxygen atoms in total. The molecule has 3 rings (SSSR count). The van der Waals surface area contributed by atoms with Gasteiger partial charge in [-0.3, -0.25) is 0 Å². The molecule has 0 spiro atoms. The molecular formula is C24H22O5. The number of rotatable bonds is 7. The lowest BCUT2D eigenvalue weighted by Gasteiger charge is -2.11. The van der Waals surface area contributed by atoms with Gasteiger partial charge in [0.05, 0.1) is 24.8 Å².